The van der Waals surface area contributed by atoms with Gasteiger partial charge in [-0.05, 0) is 37.2 Å². The number of hydrogen-bond donors (Lipinski definition) is 1. The van der Waals surface area contributed by atoms with Crippen LogP contribution in [-0.2, 0) is 0 Å². The maximum atomic E-state index is 5.72. The number of hydrogen-bond acceptors (Lipinski definition) is 4. The molecule has 0 spiro atoms. The fourth-order valence-electron chi connectivity index (χ4n) is 3.24. The fourth-order valence-corrected chi connectivity index (χ4v) is 3.24. The molecule has 23 heavy (non-hydrogen) atoms. The van der Waals surface area contributed by atoms with Crippen molar-refractivity contribution in [3.63, 3.8) is 0 Å². The molecule has 1 aliphatic rings. The summed E-state index contributed by atoms with van der Waals surface area (Å²) >= 11 is 0. The summed E-state index contributed by atoms with van der Waals surface area (Å²) < 4.78 is 5.72. The van der Waals surface area contributed by atoms with Gasteiger partial charge in [0.1, 0.15) is 5.75 Å². The minimum atomic E-state index is 0.461. The summed E-state index contributed by atoms with van der Waals surface area (Å²) in [4.78, 5) is 5.14. The molecule has 0 bridgehead atoms. The van der Waals surface area contributed by atoms with Gasteiger partial charge in [0, 0.05) is 38.8 Å². The van der Waals surface area contributed by atoms with E-state index < -0.39 is 0 Å². The highest BCUT2D eigenvalue weighted by Gasteiger charge is 2.22. The van der Waals surface area contributed by atoms with Crippen molar-refractivity contribution in [3.8, 4) is 5.75 Å². The van der Waals surface area contributed by atoms with Gasteiger partial charge in [0.05, 0.1) is 6.61 Å². The zero-order valence-corrected chi connectivity index (χ0v) is 15.1. The first kappa shape index (κ1) is 18.2. The summed E-state index contributed by atoms with van der Waals surface area (Å²) in [7, 11) is 0. The number of nitrogens with one attached hydrogen (secondary N) is 1. The predicted octanol–water partition coefficient (Wildman–Crippen LogP) is 2.76. The van der Waals surface area contributed by atoms with E-state index in [4.69, 9.17) is 4.74 Å². The first-order chi connectivity index (χ1) is 11.3. The predicted molar refractivity (Wildman–Crippen MR) is 97.2 cm³/mol. The van der Waals surface area contributed by atoms with Gasteiger partial charge in [-0.2, -0.15) is 0 Å². The molecular formula is C19H33N3O. The molecule has 1 fully saturated rings. The van der Waals surface area contributed by atoms with Crippen LogP contribution in [0.5, 0.6) is 5.75 Å². The Morgan fingerprint density at radius 2 is 1.74 bits per heavy atom. The van der Waals surface area contributed by atoms with Gasteiger partial charge < -0.3 is 10.1 Å². The second kappa shape index (κ2) is 9.91. The minimum absolute atomic E-state index is 0.461. The molecule has 1 aromatic carbocycles. The largest absolute Gasteiger partial charge is 0.494 e. The van der Waals surface area contributed by atoms with Crippen LogP contribution >= 0.6 is 0 Å². The van der Waals surface area contributed by atoms with Gasteiger partial charge in [-0.1, -0.05) is 32.9 Å². The molecule has 4 heteroatoms. The van der Waals surface area contributed by atoms with Crippen molar-refractivity contribution in [3.05, 3.63) is 29.8 Å². The van der Waals surface area contributed by atoms with Crippen molar-refractivity contribution in [2.45, 2.75) is 33.2 Å². The van der Waals surface area contributed by atoms with Crippen LogP contribution in [0.25, 0.3) is 0 Å². The number of rotatable bonds is 9. The third kappa shape index (κ3) is 5.48. The molecule has 2 rings (SSSR count). The van der Waals surface area contributed by atoms with Crippen molar-refractivity contribution < 1.29 is 4.74 Å². The molecule has 1 heterocycles. The molecule has 1 unspecified atom stereocenters. The van der Waals surface area contributed by atoms with Gasteiger partial charge in [0.2, 0.25) is 0 Å². The summed E-state index contributed by atoms with van der Waals surface area (Å²) in [6.45, 7) is 15.2. The smallest absolute Gasteiger partial charge is 0.119 e. The maximum Gasteiger partial charge on any atom is 0.119 e. The number of likely N-dealkylation sites (N-methyl/N-ethyl adjacent to an activating group) is 1. The average Bonchev–Trinajstić information content (AvgIpc) is 2.61. The normalized spacial score (nSPS) is 17.4. The second-order valence-corrected chi connectivity index (χ2v) is 6.21. The quantitative estimate of drug-likeness (QED) is 0.757. The van der Waals surface area contributed by atoms with Crippen molar-refractivity contribution in [2.24, 2.45) is 0 Å². The van der Waals surface area contributed by atoms with E-state index in [-0.39, 0.29) is 0 Å². The van der Waals surface area contributed by atoms with Crippen LogP contribution in [0, 0.1) is 0 Å². The van der Waals surface area contributed by atoms with Crippen LogP contribution in [0.3, 0.4) is 0 Å². The van der Waals surface area contributed by atoms with E-state index >= 15 is 0 Å². The monoisotopic (exact) mass is 319 g/mol. The number of piperazine rings is 1. The van der Waals surface area contributed by atoms with E-state index in [0.29, 0.717) is 6.04 Å². The highest BCUT2D eigenvalue weighted by atomic mass is 16.5. The van der Waals surface area contributed by atoms with Crippen LogP contribution < -0.4 is 10.1 Å². The standard InChI is InChI=1S/C19H33N3O/c1-4-15-23-18-9-7-17(8-10-18)19(22(5-2)6-3)16-21-13-11-20-12-14-21/h7-10,19-20H,4-6,11-16H2,1-3H3. The Morgan fingerprint density at radius 1 is 1.09 bits per heavy atom. The van der Waals surface area contributed by atoms with Crippen LogP contribution in [0.2, 0.25) is 0 Å². The highest BCUT2D eigenvalue weighted by Crippen LogP contribution is 2.24. The summed E-state index contributed by atoms with van der Waals surface area (Å²) in [6, 6.07) is 9.20. The van der Waals surface area contributed by atoms with Crippen molar-refractivity contribution in [1.82, 2.24) is 15.1 Å². The average molecular weight is 319 g/mol. The molecule has 130 valence electrons. The second-order valence-electron chi connectivity index (χ2n) is 6.21. The van der Waals surface area contributed by atoms with Crippen LogP contribution in [0.1, 0.15) is 38.8 Å². The molecule has 0 radical (unpaired) electrons. The Balaban J connectivity index is 2.08. The van der Waals surface area contributed by atoms with E-state index in [2.05, 4.69) is 60.2 Å². The molecule has 1 aromatic rings. The van der Waals surface area contributed by atoms with Crippen molar-refractivity contribution >= 4 is 0 Å². The van der Waals surface area contributed by atoms with E-state index in [1.165, 1.54) is 5.56 Å². The minimum Gasteiger partial charge on any atom is -0.494 e. The Bertz CT molecular complexity index is 425. The molecule has 1 N–H and O–H groups in total. The molecule has 4 nitrogen and oxygen atoms in total. The lowest BCUT2D eigenvalue weighted by Gasteiger charge is -2.36. The van der Waals surface area contributed by atoms with Gasteiger partial charge in [-0.15, -0.1) is 0 Å². The van der Waals surface area contributed by atoms with E-state index in [9.17, 15) is 0 Å². The molecule has 1 aliphatic heterocycles. The molecule has 0 aliphatic carbocycles. The van der Waals surface area contributed by atoms with Crippen molar-refractivity contribution in [1.29, 1.82) is 0 Å². The lowest BCUT2D eigenvalue weighted by molar-refractivity contribution is 0.138. The Labute approximate surface area is 141 Å². The van der Waals surface area contributed by atoms with Crippen LogP contribution in [-0.4, -0.2) is 62.2 Å². The maximum absolute atomic E-state index is 5.72. The molecule has 1 atom stereocenters. The first-order valence-electron chi connectivity index (χ1n) is 9.18. The van der Waals surface area contributed by atoms with Crippen LogP contribution in [0.4, 0.5) is 0 Å². The SMILES string of the molecule is CCCOc1ccc(C(CN2CCNCC2)N(CC)CC)cc1. The number of nitrogens with zero attached hydrogens (tertiary/aromatic N) is 2. The van der Waals surface area contributed by atoms with E-state index in [0.717, 1.165) is 64.6 Å². The molecule has 0 saturated carbocycles. The summed E-state index contributed by atoms with van der Waals surface area (Å²) in [5.74, 6) is 0.982. The molecule has 0 amide bonds. The van der Waals surface area contributed by atoms with Gasteiger partial charge in [0.25, 0.3) is 0 Å². The summed E-state index contributed by atoms with van der Waals surface area (Å²) in [5.41, 5.74) is 1.40. The molecule has 1 saturated heterocycles. The molecular weight excluding hydrogens is 286 g/mol. The third-order valence-corrected chi connectivity index (χ3v) is 4.63. The van der Waals surface area contributed by atoms with Crippen molar-refractivity contribution in [2.75, 3.05) is 52.4 Å². The summed E-state index contributed by atoms with van der Waals surface area (Å²) in [5, 5.41) is 3.44. The van der Waals surface area contributed by atoms with Gasteiger partial charge in [-0.25, -0.2) is 0 Å². The fraction of sp³-hybridized carbons (Fsp3) is 0.684. The van der Waals surface area contributed by atoms with Gasteiger partial charge >= 0.3 is 0 Å². The topological polar surface area (TPSA) is 27.7 Å². The number of benzene rings is 1. The Hall–Kier alpha value is -1.10. The van der Waals surface area contributed by atoms with E-state index in [1.807, 2.05) is 0 Å². The highest BCUT2D eigenvalue weighted by molar-refractivity contribution is 5.29. The Morgan fingerprint density at radius 3 is 2.30 bits per heavy atom. The first-order valence-corrected chi connectivity index (χ1v) is 9.18. The zero-order chi connectivity index (χ0) is 16.5. The van der Waals surface area contributed by atoms with Gasteiger partial charge in [-0.3, -0.25) is 9.80 Å². The third-order valence-electron chi connectivity index (χ3n) is 4.63. The van der Waals surface area contributed by atoms with Gasteiger partial charge in [0.15, 0.2) is 0 Å². The Kier molecular flexibility index (Phi) is 7.86. The zero-order valence-electron chi connectivity index (χ0n) is 15.1. The lowest BCUT2D eigenvalue weighted by Crippen LogP contribution is -2.47. The van der Waals surface area contributed by atoms with E-state index in [1.54, 1.807) is 0 Å². The summed E-state index contributed by atoms with van der Waals surface area (Å²) in [6.07, 6.45) is 1.05. The molecule has 0 aromatic heterocycles. The lowest BCUT2D eigenvalue weighted by atomic mass is 10.0. The van der Waals surface area contributed by atoms with Crippen LogP contribution in [0.15, 0.2) is 24.3 Å². The number of ether oxygens (including phenoxy) is 1.